The molecule has 3 heterocycles. The summed E-state index contributed by atoms with van der Waals surface area (Å²) < 4.78 is 5.63. The van der Waals surface area contributed by atoms with Crippen LogP contribution in [0.5, 0.6) is 5.75 Å². The number of hydrogen-bond acceptors (Lipinski definition) is 3. The van der Waals surface area contributed by atoms with Gasteiger partial charge in [-0.05, 0) is 50.3 Å². The van der Waals surface area contributed by atoms with E-state index < -0.39 is 0 Å². The van der Waals surface area contributed by atoms with E-state index in [1.807, 2.05) is 0 Å². The molecule has 1 aliphatic carbocycles. The topological polar surface area (TPSA) is 24.5 Å². The molecule has 1 unspecified atom stereocenters. The van der Waals surface area contributed by atoms with Crippen molar-refractivity contribution in [2.24, 2.45) is 5.92 Å². The average Bonchev–Trinajstić information content (AvgIpc) is 3.10. The van der Waals surface area contributed by atoms with E-state index in [-0.39, 0.29) is 0 Å². The van der Waals surface area contributed by atoms with Crippen LogP contribution in [-0.2, 0) is 5.41 Å². The van der Waals surface area contributed by atoms with Crippen LogP contribution in [0.25, 0.3) is 0 Å². The molecule has 0 radical (unpaired) electrons. The van der Waals surface area contributed by atoms with Gasteiger partial charge in [-0.2, -0.15) is 0 Å². The van der Waals surface area contributed by atoms with Crippen LogP contribution in [0.2, 0.25) is 0 Å². The minimum absolute atomic E-state index is 0.319. The van der Waals surface area contributed by atoms with Gasteiger partial charge in [-0.25, -0.2) is 0 Å². The van der Waals surface area contributed by atoms with Gasteiger partial charge in [0.15, 0.2) is 0 Å². The summed E-state index contributed by atoms with van der Waals surface area (Å²) >= 11 is 0. The Labute approximate surface area is 132 Å². The quantitative estimate of drug-likeness (QED) is 0.806. The molecule has 3 fully saturated rings. The fraction of sp³-hybridized carbons (Fsp3) is 0.579. The second-order valence-electron chi connectivity index (χ2n) is 7.39. The van der Waals surface area contributed by atoms with E-state index in [1.165, 1.54) is 43.6 Å². The first-order valence-electron chi connectivity index (χ1n) is 8.61. The first kappa shape index (κ1) is 13.0. The lowest BCUT2D eigenvalue weighted by atomic mass is 9.60. The van der Waals surface area contributed by atoms with Gasteiger partial charge in [-0.1, -0.05) is 23.8 Å². The summed E-state index contributed by atoms with van der Waals surface area (Å²) in [6, 6.07) is 7.89. The molecule has 1 N–H and O–H groups in total. The minimum atomic E-state index is 0.319. The number of nitrogens with one attached hydrogen (secondary N) is 1. The van der Waals surface area contributed by atoms with Gasteiger partial charge >= 0.3 is 0 Å². The summed E-state index contributed by atoms with van der Waals surface area (Å²) in [4.78, 5) is 2.74. The minimum Gasteiger partial charge on any atom is -0.495 e. The second kappa shape index (κ2) is 4.29. The van der Waals surface area contributed by atoms with E-state index in [9.17, 15) is 0 Å². The second-order valence-corrected chi connectivity index (χ2v) is 7.39. The fourth-order valence-electron chi connectivity index (χ4n) is 5.89. The van der Waals surface area contributed by atoms with Gasteiger partial charge in [-0.3, -0.25) is 4.90 Å². The Morgan fingerprint density at radius 1 is 1.36 bits per heavy atom. The third-order valence-corrected chi connectivity index (χ3v) is 6.84. The van der Waals surface area contributed by atoms with Crippen LogP contribution in [-0.4, -0.2) is 37.2 Å². The zero-order valence-electron chi connectivity index (χ0n) is 13.4. The largest absolute Gasteiger partial charge is 0.495 e. The van der Waals surface area contributed by atoms with Crippen LogP contribution in [0.4, 0.5) is 5.69 Å². The lowest BCUT2D eigenvalue weighted by molar-refractivity contribution is 0.101. The number of ether oxygens (including phenoxy) is 1. The molecule has 0 amide bonds. The third-order valence-electron chi connectivity index (χ3n) is 6.84. The van der Waals surface area contributed by atoms with Gasteiger partial charge in [0.2, 0.25) is 0 Å². The average molecular weight is 296 g/mol. The summed E-state index contributed by atoms with van der Waals surface area (Å²) in [6.45, 7) is 4.65. The van der Waals surface area contributed by atoms with Crippen molar-refractivity contribution in [2.45, 2.75) is 43.7 Å². The van der Waals surface area contributed by atoms with Crippen LogP contribution in [0.3, 0.4) is 0 Å². The Balaban J connectivity index is 1.67. The molecule has 1 aromatic rings. The summed E-state index contributed by atoms with van der Waals surface area (Å²) in [6.07, 6.45) is 6.28. The Bertz CT molecular complexity index is 667. The zero-order valence-corrected chi connectivity index (χ0v) is 13.4. The van der Waals surface area contributed by atoms with Crippen LogP contribution < -0.4 is 10.1 Å². The fourth-order valence-corrected chi connectivity index (χ4v) is 5.89. The molecule has 2 bridgehead atoms. The number of rotatable bonds is 1. The zero-order chi connectivity index (χ0) is 14.9. The number of benzene rings is 1. The number of methoxy groups -OCH3 is 1. The smallest absolute Gasteiger partial charge is 0.142 e. The molecule has 22 heavy (non-hydrogen) atoms. The molecule has 0 aromatic heterocycles. The van der Waals surface area contributed by atoms with Crippen molar-refractivity contribution in [1.29, 1.82) is 0 Å². The van der Waals surface area contributed by atoms with Crippen molar-refractivity contribution in [1.82, 2.24) is 4.90 Å². The van der Waals surface area contributed by atoms with Crippen LogP contribution in [0, 0.1) is 5.92 Å². The third kappa shape index (κ3) is 1.37. The molecule has 3 nitrogen and oxygen atoms in total. The lowest BCUT2D eigenvalue weighted by Gasteiger charge is -2.51. The number of allylic oxidation sites excluding steroid dienone is 1. The molecule has 2 saturated heterocycles. The van der Waals surface area contributed by atoms with E-state index in [2.05, 4.69) is 41.4 Å². The molecular weight excluding hydrogens is 272 g/mol. The molecule has 4 atom stereocenters. The van der Waals surface area contributed by atoms with Gasteiger partial charge in [-0.15, -0.1) is 0 Å². The van der Waals surface area contributed by atoms with Crippen LogP contribution >= 0.6 is 0 Å². The molecular formula is C19H24N2O. The number of piperidine rings is 1. The number of fused-ring (bicyclic) bond motifs is 2. The van der Waals surface area contributed by atoms with Gasteiger partial charge in [0, 0.05) is 24.0 Å². The van der Waals surface area contributed by atoms with Gasteiger partial charge in [0.25, 0.3) is 0 Å². The molecule has 3 heteroatoms. The predicted octanol–water partition coefficient (Wildman–Crippen LogP) is 3.17. The standard InChI is InChI=1S/C19H24N2O/c1-3-12-11-21-8-7-19-14-5-4-6-15(22-2)18(14)20-16(19)9-13(12)10-17(19)21/h3-6,13,16-17,20H,7-11H2,1-2H3/b12-3-/t13-,16-,17-,19?/m0/s1. The van der Waals surface area contributed by atoms with Gasteiger partial charge < -0.3 is 10.1 Å². The molecule has 3 aliphatic heterocycles. The Morgan fingerprint density at radius 2 is 2.27 bits per heavy atom. The summed E-state index contributed by atoms with van der Waals surface area (Å²) in [7, 11) is 1.79. The number of hydrogen-bond donors (Lipinski definition) is 1. The molecule has 1 saturated carbocycles. The Morgan fingerprint density at radius 3 is 3.09 bits per heavy atom. The normalized spacial score (nSPS) is 40.3. The number of nitrogens with zero attached hydrogens (tertiary/aromatic N) is 1. The van der Waals surface area contributed by atoms with Crippen molar-refractivity contribution >= 4 is 5.69 Å². The highest BCUT2D eigenvalue weighted by molar-refractivity contribution is 5.71. The molecule has 116 valence electrons. The maximum Gasteiger partial charge on any atom is 0.142 e. The highest BCUT2D eigenvalue weighted by atomic mass is 16.5. The van der Waals surface area contributed by atoms with Crippen molar-refractivity contribution in [3.63, 3.8) is 0 Å². The number of para-hydroxylation sites is 1. The monoisotopic (exact) mass is 296 g/mol. The van der Waals surface area contributed by atoms with Crippen molar-refractivity contribution in [3.05, 3.63) is 35.4 Å². The van der Waals surface area contributed by atoms with E-state index in [0.717, 1.165) is 11.7 Å². The van der Waals surface area contributed by atoms with Crippen LogP contribution in [0.1, 0.15) is 31.7 Å². The molecule has 5 rings (SSSR count). The summed E-state index contributed by atoms with van der Waals surface area (Å²) in [5.41, 5.74) is 4.77. The molecule has 4 aliphatic rings. The summed E-state index contributed by atoms with van der Waals surface area (Å²) in [5, 5.41) is 3.87. The SMILES string of the molecule is C/C=C1/CN2CCC34c5cccc(OC)c5N[C@H]3C[C@H]1C[C@H]24. The van der Waals surface area contributed by atoms with E-state index in [0.29, 0.717) is 17.5 Å². The van der Waals surface area contributed by atoms with E-state index in [1.54, 1.807) is 12.7 Å². The Hall–Kier alpha value is -1.48. The highest BCUT2D eigenvalue weighted by Crippen LogP contribution is 2.60. The maximum absolute atomic E-state index is 5.63. The summed E-state index contributed by atoms with van der Waals surface area (Å²) in [5.74, 6) is 1.79. The molecule has 1 aromatic carbocycles. The predicted molar refractivity (Wildman–Crippen MR) is 88.5 cm³/mol. The Kier molecular flexibility index (Phi) is 2.53. The van der Waals surface area contributed by atoms with Crippen LogP contribution in [0.15, 0.2) is 29.8 Å². The molecule has 1 spiro atoms. The first-order chi connectivity index (χ1) is 10.8. The first-order valence-corrected chi connectivity index (χ1v) is 8.61. The highest BCUT2D eigenvalue weighted by Gasteiger charge is 2.62. The maximum atomic E-state index is 5.63. The number of anilines is 1. The lowest BCUT2D eigenvalue weighted by Crippen LogP contribution is -2.57. The van der Waals surface area contributed by atoms with E-state index in [4.69, 9.17) is 4.74 Å². The van der Waals surface area contributed by atoms with Crippen molar-refractivity contribution in [3.8, 4) is 5.75 Å². The van der Waals surface area contributed by atoms with Crippen molar-refractivity contribution < 1.29 is 4.74 Å². The van der Waals surface area contributed by atoms with Crippen molar-refractivity contribution in [2.75, 3.05) is 25.5 Å². The van der Waals surface area contributed by atoms with Gasteiger partial charge in [0.05, 0.1) is 12.8 Å². The van der Waals surface area contributed by atoms with Gasteiger partial charge in [0.1, 0.15) is 5.75 Å². The van der Waals surface area contributed by atoms with E-state index >= 15 is 0 Å².